The summed E-state index contributed by atoms with van der Waals surface area (Å²) in [5.74, 6) is 0.0166. The van der Waals surface area contributed by atoms with Gasteiger partial charge in [0.05, 0.1) is 6.20 Å². The Morgan fingerprint density at radius 3 is 2.94 bits per heavy atom. The lowest BCUT2D eigenvalue weighted by Crippen LogP contribution is -1.94. The van der Waals surface area contributed by atoms with E-state index in [1.165, 1.54) is 0 Å². The fourth-order valence-electron chi connectivity index (χ4n) is 1.71. The zero-order valence-electron chi connectivity index (χ0n) is 10.6. The number of ketones is 1. The maximum absolute atomic E-state index is 11.9. The van der Waals surface area contributed by atoms with Crippen molar-refractivity contribution in [3.05, 3.63) is 59.4 Å². The standard InChI is InChI=1S/C15H16N2O/c1-3-17-11-13(10-16-17)7-8-15(18)14-6-4-5-12(2)9-14/h4-11H,3H2,1-2H3/b8-7+. The lowest BCUT2D eigenvalue weighted by Gasteiger charge is -1.96. The van der Waals surface area contributed by atoms with Gasteiger partial charge < -0.3 is 0 Å². The highest BCUT2D eigenvalue weighted by Gasteiger charge is 2.01. The molecule has 1 heterocycles. The number of carbonyl (C=O) groups is 1. The highest BCUT2D eigenvalue weighted by Crippen LogP contribution is 2.07. The molecule has 0 aliphatic rings. The van der Waals surface area contributed by atoms with Crippen molar-refractivity contribution in [3.8, 4) is 0 Å². The van der Waals surface area contributed by atoms with E-state index in [9.17, 15) is 4.79 Å². The van der Waals surface area contributed by atoms with Gasteiger partial charge >= 0.3 is 0 Å². The van der Waals surface area contributed by atoms with Crippen LogP contribution >= 0.6 is 0 Å². The van der Waals surface area contributed by atoms with Gasteiger partial charge in [-0.05, 0) is 32.1 Å². The smallest absolute Gasteiger partial charge is 0.185 e. The highest BCUT2D eigenvalue weighted by molar-refractivity contribution is 6.06. The van der Waals surface area contributed by atoms with E-state index in [0.29, 0.717) is 5.56 Å². The topological polar surface area (TPSA) is 34.9 Å². The molecule has 0 spiro atoms. The van der Waals surface area contributed by atoms with Gasteiger partial charge in [0.2, 0.25) is 0 Å². The molecule has 0 amide bonds. The fourth-order valence-corrected chi connectivity index (χ4v) is 1.71. The summed E-state index contributed by atoms with van der Waals surface area (Å²) < 4.78 is 1.83. The van der Waals surface area contributed by atoms with Crippen molar-refractivity contribution >= 4 is 11.9 Å². The van der Waals surface area contributed by atoms with E-state index < -0.39 is 0 Å². The molecule has 18 heavy (non-hydrogen) atoms. The third kappa shape index (κ3) is 2.94. The van der Waals surface area contributed by atoms with Crippen LogP contribution in [0.25, 0.3) is 6.08 Å². The molecule has 3 nitrogen and oxygen atoms in total. The molecule has 1 aromatic heterocycles. The third-order valence-electron chi connectivity index (χ3n) is 2.71. The summed E-state index contributed by atoms with van der Waals surface area (Å²) in [5, 5.41) is 4.15. The average molecular weight is 240 g/mol. The van der Waals surface area contributed by atoms with Crippen LogP contribution in [0.1, 0.15) is 28.4 Å². The Bertz CT molecular complexity index is 582. The first-order valence-electron chi connectivity index (χ1n) is 6.00. The molecule has 0 aliphatic heterocycles. The molecule has 0 saturated carbocycles. The summed E-state index contributed by atoms with van der Waals surface area (Å²) in [5.41, 5.74) is 2.75. The van der Waals surface area contributed by atoms with E-state index in [2.05, 4.69) is 5.10 Å². The molecule has 0 fully saturated rings. The number of benzene rings is 1. The van der Waals surface area contributed by atoms with Crippen molar-refractivity contribution < 1.29 is 4.79 Å². The van der Waals surface area contributed by atoms with Crippen molar-refractivity contribution in [1.29, 1.82) is 0 Å². The highest BCUT2D eigenvalue weighted by atomic mass is 16.1. The van der Waals surface area contributed by atoms with Crippen LogP contribution in [0.2, 0.25) is 0 Å². The van der Waals surface area contributed by atoms with Crippen LogP contribution in [0.5, 0.6) is 0 Å². The summed E-state index contributed by atoms with van der Waals surface area (Å²) in [4.78, 5) is 11.9. The maximum atomic E-state index is 11.9. The first-order chi connectivity index (χ1) is 8.69. The van der Waals surface area contributed by atoms with Crippen molar-refractivity contribution in [2.45, 2.75) is 20.4 Å². The van der Waals surface area contributed by atoms with Gasteiger partial charge in [-0.15, -0.1) is 0 Å². The minimum Gasteiger partial charge on any atom is -0.289 e. The van der Waals surface area contributed by atoms with Crippen LogP contribution in [0.4, 0.5) is 0 Å². The largest absolute Gasteiger partial charge is 0.289 e. The molecule has 2 rings (SSSR count). The van der Waals surface area contributed by atoms with Gasteiger partial charge in [0.1, 0.15) is 0 Å². The van der Waals surface area contributed by atoms with Gasteiger partial charge in [-0.25, -0.2) is 0 Å². The van der Waals surface area contributed by atoms with Crippen LogP contribution in [0, 0.1) is 6.92 Å². The monoisotopic (exact) mass is 240 g/mol. The number of hydrogen-bond donors (Lipinski definition) is 0. The normalized spacial score (nSPS) is 11.0. The van der Waals surface area contributed by atoms with Crippen LogP contribution in [-0.4, -0.2) is 15.6 Å². The summed E-state index contributed by atoms with van der Waals surface area (Å²) in [7, 11) is 0. The van der Waals surface area contributed by atoms with Gasteiger partial charge in [0.25, 0.3) is 0 Å². The number of nitrogens with zero attached hydrogens (tertiary/aromatic N) is 2. The Balaban J connectivity index is 2.11. The van der Waals surface area contributed by atoms with E-state index >= 15 is 0 Å². The van der Waals surface area contributed by atoms with E-state index in [1.807, 2.05) is 49.0 Å². The molecule has 0 radical (unpaired) electrons. The zero-order chi connectivity index (χ0) is 13.0. The Morgan fingerprint density at radius 1 is 1.44 bits per heavy atom. The minimum atomic E-state index is 0.0166. The van der Waals surface area contributed by atoms with E-state index in [-0.39, 0.29) is 5.78 Å². The molecule has 0 aliphatic carbocycles. The molecule has 92 valence electrons. The zero-order valence-corrected chi connectivity index (χ0v) is 10.6. The molecule has 0 saturated heterocycles. The maximum Gasteiger partial charge on any atom is 0.185 e. The summed E-state index contributed by atoms with van der Waals surface area (Å²) in [6.45, 7) is 4.84. The molecular weight excluding hydrogens is 224 g/mol. The second-order valence-electron chi connectivity index (χ2n) is 4.20. The van der Waals surface area contributed by atoms with Crippen molar-refractivity contribution in [3.63, 3.8) is 0 Å². The number of rotatable bonds is 4. The Labute approximate surface area is 107 Å². The van der Waals surface area contributed by atoms with E-state index in [1.54, 1.807) is 18.3 Å². The van der Waals surface area contributed by atoms with E-state index in [4.69, 9.17) is 0 Å². The number of carbonyl (C=O) groups excluding carboxylic acids is 1. The van der Waals surface area contributed by atoms with Gasteiger partial charge in [-0.3, -0.25) is 9.48 Å². The SMILES string of the molecule is CCn1cc(/C=C/C(=O)c2cccc(C)c2)cn1. The van der Waals surface area contributed by atoms with Gasteiger partial charge in [0, 0.05) is 23.9 Å². The van der Waals surface area contributed by atoms with Crippen LogP contribution in [-0.2, 0) is 6.54 Å². The molecule has 3 heteroatoms. The Morgan fingerprint density at radius 2 is 2.28 bits per heavy atom. The van der Waals surface area contributed by atoms with E-state index in [0.717, 1.165) is 17.7 Å². The first kappa shape index (κ1) is 12.3. The number of allylic oxidation sites excluding steroid dienone is 1. The van der Waals surface area contributed by atoms with Crippen LogP contribution in [0.3, 0.4) is 0 Å². The predicted octanol–water partition coefficient (Wildman–Crippen LogP) is 3.11. The fraction of sp³-hybridized carbons (Fsp3) is 0.200. The van der Waals surface area contributed by atoms with Crippen LogP contribution in [0.15, 0.2) is 42.7 Å². The summed E-state index contributed by atoms with van der Waals surface area (Å²) >= 11 is 0. The third-order valence-corrected chi connectivity index (χ3v) is 2.71. The molecular formula is C15H16N2O. The van der Waals surface area contributed by atoms with Gasteiger partial charge in [-0.2, -0.15) is 5.10 Å². The molecule has 0 bridgehead atoms. The lowest BCUT2D eigenvalue weighted by atomic mass is 10.1. The second kappa shape index (κ2) is 5.45. The molecule has 2 aromatic rings. The van der Waals surface area contributed by atoms with Crippen molar-refractivity contribution in [1.82, 2.24) is 9.78 Å². The second-order valence-corrected chi connectivity index (χ2v) is 4.20. The molecule has 1 aromatic carbocycles. The Hall–Kier alpha value is -2.16. The summed E-state index contributed by atoms with van der Waals surface area (Å²) in [6, 6.07) is 7.59. The number of aryl methyl sites for hydroxylation is 2. The number of aromatic nitrogens is 2. The first-order valence-corrected chi connectivity index (χ1v) is 6.00. The van der Waals surface area contributed by atoms with Crippen LogP contribution < -0.4 is 0 Å². The predicted molar refractivity (Wildman–Crippen MR) is 72.4 cm³/mol. The Kier molecular flexibility index (Phi) is 3.72. The lowest BCUT2D eigenvalue weighted by molar-refractivity contribution is 0.104. The number of hydrogen-bond acceptors (Lipinski definition) is 2. The minimum absolute atomic E-state index is 0.0166. The van der Waals surface area contributed by atoms with Gasteiger partial charge in [-0.1, -0.05) is 23.8 Å². The average Bonchev–Trinajstić information content (AvgIpc) is 2.84. The molecule has 0 N–H and O–H groups in total. The molecule has 0 unspecified atom stereocenters. The van der Waals surface area contributed by atoms with Gasteiger partial charge in [0.15, 0.2) is 5.78 Å². The quantitative estimate of drug-likeness (QED) is 0.608. The molecule has 0 atom stereocenters. The van der Waals surface area contributed by atoms with Crippen molar-refractivity contribution in [2.75, 3.05) is 0 Å². The van der Waals surface area contributed by atoms with Crippen molar-refractivity contribution in [2.24, 2.45) is 0 Å². The summed E-state index contributed by atoms with van der Waals surface area (Å²) in [6.07, 6.45) is 7.05.